The Morgan fingerprint density at radius 1 is 1.03 bits per heavy atom. The molecule has 6 heteroatoms. The average Bonchev–Trinajstić information content (AvgIpc) is 3.35. The minimum Gasteiger partial charge on any atom is -0.378 e. The normalized spacial score (nSPS) is 46.5. The largest absolute Gasteiger partial charge is 0.378 e. The van der Waals surface area contributed by atoms with Crippen LogP contribution in [0.5, 0.6) is 0 Å². The van der Waals surface area contributed by atoms with Crippen molar-refractivity contribution in [1.29, 1.82) is 0 Å². The second kappa shape index (κ2) is 7.63. The highest BCUT2D eigenvalue weighted by atomic mass is 16.3. The third-order valence-electron chi connectivity index (χ3n) is 10.9. The molecule has 5 aliphatic rings. The molecule has 0 saturated heterocycles. The van der Waals surface area contributed by atoms with Crippen LogP contribution >= 0.6 is 0 Å². The first-order valence-electron chi connectivity index (χ1n) is 13.3. The summed E-state index contributed by atoms with van der Waals surface area (Å²) in [4.78, 5) is 14.7. The SMILES string of the molecule is CC12CC[C@](O)(C#CC3CC3)CC1CCC1[C@@H]2CCC2(C)[C@@H](C(=O)Cn3ncnn3)CC[C@@H]12. The number of aromatic nitrogens is 4. The molecule has 5 fully saturated rings. The minimum atomic E-state index is -0.761. The van der Waals surface area contributed by atoms with Gasteiger partial charge in [0, 0.05) is 11.8 Å². The van der Waals surface area contributed by atoms with Gasteiger partial charge in [0.15, 0.2) is 12.1 Å². The van der Waals surface area contributed by atoms with Crippen LogP contribution < -0.4 is 0 Å². The van der Waals surface area contributed by atoms with Crippen LogP contribution in [0.4, 0.5) is 0 Å². The summed E-state index contributed by atoms with van der Waals surface area (Å²) >= 11 is 0. The van der Waals surface area contributed by atoms with E-state index in [2.05, 4.69) is 41.1 Å². The second-order valence-electron chi connectivity index (χ2n) is 12.5. The van der Waals surface area contributed by atoms with Crippen molar-refractivity contribution in [1.82, 2.24) is 20.2 Å². The molecule has 5 aliphatic carbocycles. The highest BCUT2D eigenvalue weighted by Crippen LogP contribution is 2.68. The van der Waals surface area contributed by atoms with Crippen LogP contribution in [-0.4, -0.2) is 36.7 Å². The number of hydrogen-bond acceptors (Lipinski definition) is 5. The number of carbonyl (C=O) groups is 1. The molecule has 0 spiro atoms. The van der Waals surface area contributed by atoms with Crippen LogP contribution in [0.25, 0.3) is 0 Å². The van der Waals surface area contributed by atoms with Gasteiger partial charge in [0.05, 0.1) is 0 Å². The van der Waals surface area contributed by atoms with E-state index in [0.29, 0.717) is 23.2 Å². The van der Waals surface area contributed by atoms with Crippen LogP contribution in [-0.2, 0) is 11.3 Å². The third-order valence-corrected chi connectivity index (χ3v) is 10.9. The minimum absolute atomic E-state index is 0.104. The number of nitrogens with zero attached hydrogens (tertiary/aromatic N) is 4. The van der Waals surface area contributed by atoms with Crippen LogP contribution in [0.15, 0.2) is 6.33 Å². The van der Waals surface area contributed by atoms with Gasteiger partial charge in [-0.25, -0.2) is 0 Å². The molecule has 0 aliphatic heterocycles. The topological polar surface area (TPSA) is 80.9 Å². The number of fused-ring (bicyclic) bond motifs is 5. The predicted octanol–water partition coefficient (Wildman–Crippen LogP) is 4.05. The zero-order valence-corrected chi connectivity index (χ0v) is 20.2. The van der Waals surface area contributed by atoms with E-state index in [1.54, 1.807) is 0 Å². The Kier molecular flexibility index (Phi) is 5.04. The monoisotopic (exact) mass is 450 g/mol. The fourth-order valence-corrected chi connectivity index (χ4v) is 8.86. The maximum absolute atomic E-state index is 13.2. The lowest BCUT2D eigenvalue weighted by Gasteiger charge is -2.61. The number of ketones is 1. The lowest BCUT2D eigenvalue weighted by atomic mass is 9.44. The van der Waals surface area contributed by atoms with Crippen molar-refractivity contribution in [2.24, 2.45) is 46.3 Å². The first kappa shape index (κ1) is 21.8. The van der Waals surface area contributed by atoms with Gasteiger partial charge in [-0.3, -0.25) is 4.79 Å². The van der Waals surface area contributed by atoms with Crippen LogP contribution in [0.2, 0.25) is 0 Å². The maximum Gasteiger partial charge on any atom is 0.162 e. The summed E-state index contributed by atoms with van der Waals surface area (Å²) < 4.78 is 0. The second-order valence-corrected chi connectivity index (χ2v) is 12.5. The Morgan fingerprint density at radius 2 is 1.85 bits per heavy atom. The molecule has 8 atom stereocenters. The molecule has 1 aromatic heterocycles. The van der Waals surface area contributed by atoms with E-state index < -0.39 is 5.60 Å². The van der Waals surface area contributed by atoms with Crippen molar-refractivity contribution in [2.75, 3.05) is 0 Å². The van der Waals surface area contributed by atoms with Crippen molar-refractivity contribution in [2.45, 2.75) is 96.6 Å². The summed E-state index contributed by atoms with van der Waals surface area (Å²) in [5.74, 6) is 10.3. The number of rotatable bonds is 3. The molecule has 0 amide bonds. The molecule has 5 saturated carbocycles. The van der Waals surface area contributed by atoms with E-state index in [1.807, 2.05) is 0 Å². The summed E-state index contributed by atoms with van der Waals surface area (Å²) in [6.07, 6.45) is 13.6. The van der Waals surface area contributed by atoms with Gasteiger partial charge in [0.1, 0.15) is 12.1 Å². The van der Waals surface area contributed by atoms with Crippen molar-refractivity contribution in [3.05, 3.63) is 6.33 Å². The van der Waals surface area contributed by atoms with Crippen LogP contribution in [0.1, 0.15) is 84.5 Å². The molecule has 0 radical (unpaired) electrons. The molecular formula is C27H38N4O2. The van der Waals surface area contributed by atoms with Gasteiger partial charge in [-0.05, 0) is 110 Å². The van der Waals surface area contributed by atoms with Gasteiger partial charge in [-0.15, -0.1) is 10.2 Å². The molecule has 1 aromatic rings. The van der Waals surface area contributed by atoms with Crippen LogP contribution in [0.3, 0.4) is 0 Å². The summed E-state index contributed by atoms with van der Waals surface area (Å²) in [5.41, 5.74) is -0.347. The average molecular weight is 451 g/mol. The molecule has 1 heterocycles. The van der Waals surface area contributed by atoms with Gasteiger partial charge in [-0.2, -0.15) is 4.80 Å². The molecular weight excluding hydrogens is 412 g/mol. The fourth-order valence-electron chi connectivity index (χ4n) is 8.86. The smallest absolute Gasteiger partial charge is 0.162 e. The quantitative estimate of drug-likeness (QED) is 0.703. The molecule has 0 bridgehead atoms. The van der Waals surface area contributed by atoms with Gasteiger partial charge in [0.25, 0.3) is 0 Å². The van der Waals surface area contributed by atoms with Crippen LogP contribution in [0, 0.1) is 58.2 Å². The summed E-state index contributed by atoms with van der Waals surface area (Å²) in [5, 5.41) is 23.0. The van der Waals surface area contributed by atoms with Gasteiger partial charge < -0.3 is 5.11 Å². The van der Waals surface area contributed by atoms with Crippen molar-refractivity contribution >= 4 is 5.78 Å². The molecule has 6 nitrogen and oxygen atoms in total. The van der Waals surface area contributed by atoms with Gasteiger partial charge >= 0.3 is 0 Å². The zero-order valence-electron chi connectivity index (χ0n) is 20.2. The van der Waals surface area contributed by atoms with E-state index in [9.17, 15) is 9.90 Å². The molecule has 0 aromatic carbocycles. The van der Waals surface area contributed by atoms with Gasteiger partial charge in [-0.1, -0.05) is 25.7 Å². The number of aliphatic hydroxyl groups is 1. The molecule has 4 unspecified atom stereocenters. The number of hydrogen-bond donors (Lipinski definition) is 1. The number of tetrazole rings is 1. The highest BCUT2D eigenvalue weighted by molar-refractivity contribution is 5.81. The Labute approximate surface area is 197 Å². The third kappa shape index (κ3) is 3.57. The predicted molar refractivity (Wildman–Crippen MR) is 123 cm³/mol. The summed E-state index contributed by atoms with van der Waals surface area (Å²) in [7, 11) is 0. The molecule has 33 heavy (non-hydrogen) atoms. The first-order chi connectivity index (χ1) is 15.8. The molecule has 178 valence electrons. The maximum atomic E-state index is 13.2. The standard InChI is InChI=1S/C27H38N4O2/c1-25-13-14-27(33,12-9-18-3-4-18)15-19(25)5-6-20-21-7-8-23(26(21,2)11-10-22(20)25)24(32)16-31-29-17-28-30-31/h17-23,33H,3-8,10-11,13-16H2,1-2H3/t19?,20?,21-,22-,23+,25?,26?,27+/m0/s1. The van der Waals surface area contributed by atoms with E-state index in [-0.39, 0.29) is 23.7 Å². The van der Waals surface area contributed by atoms with E-state index in [4.69, 9.17) is 0 Å². The molecule has 6 rings (SSSR count). The first-order valence-corrected chi connectivity index (χ1v) is 13.3. The number of carbonyl (C=O) groups excluding carboxylic acids is 1. The van der Waals surface area contributed by atoms with Crippen molar-refractivity contribution in [3.8, 4) is 11.8 Å². The Hall–Kier alpha value is -1.74. The Balaban J connectivity index is 1.18. The van der Waals surface area contributed by atoms with E-state index in [1.165, 1.54) is 49.6 Å². The summed E-state index contributed by atoms with van der Waals surface area (Å²) in [6, 6.07) is 0. The van der Waals surface area contributed by atoms with E-state index >= 15 is 0 Å². The Bertz CT molecular complexity index is 978. The highest BCUT2D eigenvalue weighted by Gasteiger charge is 2.62. The lowest BCUT2D eigenvalue weighted by molar-refractivity contribution is -0.145. The van der Waals surface area contributed by atoms with E-state index in [0.717, 1.165) is 43.9 Å². The van der Waals surface area contributed by atoms with Crippen molar-refractivity contribution in [3.63, 3.8) is 0 Å². The zero-order chi connectivity index (χ0) is 22.8. The molecule has 1 N–H and O–H groups in total. The number of Topliss-reactive ketones (excluding diaryl/α,β-unsaturated/α-hetero) is 1. The summed E-state index contributed by atoms with van der Waals surface area (Å²) in [6.45, 7) is 5.18. The fraction of sp³-hybridized carbons (Fsp3) is 0.852. The lowest BCUT2D eigenvalue weighted by Crippen LogP contribution is -2.56. The van der Waals surface area contributed by atoms with Gasteiger partial charge in [0.2, 0.25) is 0 Å². The Morgan fingerprint density at radius 3 is 2.61 bits per heavy atom. The van der Waals surface area contributed by atoms with Crippen molar-refractivity contribution < 1.29 is 9.90 Å².